The fourth-order valence-corrected chi connectivity index (χ4v) is 1.68. The van der Waals surface area contributed by atoms with Crippen molar-refractivity contribution in [2.75, 3.05) is 19.0 Å². The summed E-state index contributed by atoms with van der Waals surface area (Å²) in [5.41, 5.74) is 1.29. The molecule has 2 N–H and O–H groups in total. The molecule has 1 aromatic carbocycles. The molecule has 0 atom stereocenters. The minimum Gasteiger partial charge on any atom is -0.380 e. The minimum absolute atomic E-state index is 0.0580. The molecule has 21 heavy (non-hydrogen) atoms. The van der Waals surface area contributed by atoms with Gasteiger partial charge in [0, 0.05) is 31.2 Å². The molecular formula is C16H24N2O3. The van der Waals surface area contributed by atoms with E-state index in [1.54, 1.807) is 7.11 Å². The Morgan fingerprint density at radius 1 is 1.24 bits per heavy atom. The van der Waals surface area contributed by atoms with Crippen molar-refractivity contribution in [3.05, 3.63) is 29.8 Å². The van der Waals surface area contributed by atoms with Gasteiger partial charge < -0.3 is 15.4 Å². The van der Waals surface area contributed by atoms with E-state index in [0.29, 0.717) is 13.2 Å². The normalized spacial score (nSPS) is 11.0. The van der Waals surface area contributed by atoms with Crippen molar-refractivity contribution in [3.8, 4) is 0 Å². The average Bonchev–Trinajstić information content (AvgIpc) is 2.38. The third kappa shape index (κ3) is 6.40. The Labute approximate surface area is 126 Å². The van der Waals surface area contributed by atoms with Crippen molar-refractivity contribution in [3.63, 3.8) is 0 Å². The minimum atomic E-state index is -0.440. The molecule has 0 aliphatic heterocycles. The van der Waals surface area contributed by atoms with Crippen LogP contribution in [0.4, 0.5) is 5.69 Å². The van der Waals surface area contributed by atoms with Crippen molar-refractivity contribution in [2.45, 2.75) is 33.8 Å². The van der Waals surface area contributed by atoms with Gasteiger partial charge in [0.2, 0.25) is 11.8 Å². The number of anilines is 1. The number of methoxy groups -OCH3 is 1. The fourth-order valence-electron chi connectivity index (χ4n) is 1.68. The second kappa shape index (κ2) is 7.78. The molecule has 0 spiro atoms. The van der Waals surface area contributed by atoms with Gasteiger partial charge >= 0.3 is 0 Å². The van der Waals surface area contributed by atoms with E-state index < -0.39 is 5.41 Å². The molecule has 1 rings (SSSR count). The van der Waals surface area contributed by atoms with Crippen LogP contribution >= 0.6 is 0 Å². The number of carbonyl (C=O) groups excluding carboxylic acids is 2. The average molecular weight is 292 g/mol. The van der Waals surface area contributed by atoms with E-state index in [2.05, 4.69) is 10.6 Å². The highest BCUT2D eigenvalue weighted by atomic mass is 16.5. The van der Waals surface area contributed by atoms with Gasteiger partial charge in [-0.15, -0.1) is 0 Å². The molecule has 0 aliphatic rings. The summed E-state index contributed by atoms with van der Waals surface area (Å²) in [7, 11) is 1.63. The Kier molecular flexibility index (Phi) is 6.37. The number of hydrogen-bond acceptors (Lipinski definition) is 3. The highest BCUT2D eigenvalue weighted by molar-refractivity contribution is 5.91. The van der Waals surface area contributed by atoms with Crippen LogP contribution in [0.1, 0.15) is 32.8 Å². The third-order valence-electron chi connectivity index (χ3n) is 2.84. The van der Waals surface area contributed by atoms with Gasteiger partial charge in [-0.25, -0.2) is 0 Å². The Morgan fingerprint density at radius 3 is 2.57 bits per heavy atom. The third-order valence-corrected chi connectivity index (χ3v) is 2.84. The zero-order valence-electron chi connectivity index (χ0n) is 13.2. The smallest absolute Gasteiger partial charge is 0.226 e. The van der Waals surface area contributed by atoms with E-state index >= 15 is 0 Å². The summed E-state index contributed by atoms with van der Waals surface area (Å²) < 4.78 is 5.05. The first kappa shape index (κ1) is 17.2. The summed E-state index contributed by atoms with van der Waals surface area (Å²) in [6.45, 7) is 6.35. The Bertz CT molecular complexity index is 493. The number of carbonyl (C=O) groups is 2. The van der Waals surface area contributed by atoms with E-state index in [1.165, 1.54) is 0 Å². The van der Waals surface area contributed by atoms with Crippen LogP contribution in [0.25, 0.3) is 0 Å². The number of rotatable bonds is 6. The highest BCUT2D eigenvalue weighted by Crippen LogP contribution is 2.13. The molecule has 0 fully saturated rings. The SMILES string of the molecule is COCc1cccc(NC(=O)CCNC(=O)C(C)(C)C)c1. The summed E-state index contributed by atoms with van der Waals surface area (Å²) in [4.78, 5) is 23.5. The molecule has 5 heteroatoms. The van der Waals surface area contributed by atoms with E-state index in [4.69, 9.17) is 4.74 Å². The van der Waals surface area contributed by atoms with E-state index in [1.807, 2.05) is 45.0 Å². The second-order valence-corrected chi connectivity index (χ2v) is 5.94. The van der Waals surface area contributed by atoms with Crippen LogP contribution in [0.3, 0.4) is 0 Å². The van der Waals surface area contributed by atoms with Crippen molar-refractivity contribution in [1.82, 2.24) is 5.32 Å². The lowest BCUT2D eigenvalue weighted by molar-refractivity contribution is -0.128. The number of amides is 2. The summed E-state index contributed by atoms with van der Waals surface area (Å²) >= 11 is 0. The summed E-state index contributed by atoms with van der Waals surface area (Å²) in [5.74, 6) is -0.184. The molecule has 1 aromatic rings. The van der Waals surface area contributed by atoms with Crippen molar-refractivity contribution < 1.29 is 14.3 Å². The summed E-state index contributed by atoms with van der Waals surface area (Å²) in [6.07, 6.45) is 0.246. The van der Waals surface area contributed by atoms with Gasteiger partial charge in [0.15, 0.2) is 0 Å². The van der Waals surface area contributed by atoms with E-state index in [-0.39, 0.29) is 18.2 Å². The Morgan fingerprint density at radius 2 is 1.95 bits per heavy atom. The van der Waals surface area contributed by atoms with Crippen LogP contribution in [-0.4, -0.2) is 25.5 Å². The van der Waals surface area contributed by atoms with Crippen molar-refractivity contribution in [1.29, 1.82) is 0 Å². The van der Waals surface area contributed by atoms with Gasteiger partial charge in [0.25, 0.3) is 0 Å². The van der Waals surface area contributed by atoms with Crippen LogP contribution in [0.2, 0.25) is 0 Å². The monoisotopic (exact) mass is 292 g/mol. The predicted octanol–water partition coefficient (Wildman–Crippen LogP) is 2.32. The topological polar surface area (TPSA) is 67.4 Å². The number of ether oxygens (including phenoxy) is 1. The van der Waals surface area contributed by atoms with Gasteiger partial charge in [-0.05, 0) is 17.7 Å². The van der Waals surface area contributed by atoms with Crippen molar-refractivity contribution >= 4 is 17.5 Å². The van der Waals surface area contributed by atoms with Crippen molar-refractivity contribution in [2.24, 2.45) is 5.41 Å². The zero-order valence-corrected chi connectivity index (χ0v) is 13.2. The van der Waals surface area contributed by atoms with E-state index in [9.17, 15) is 9.59 Å². The van der Waals surface area contributed by atoms with Crippen LogP contribution in [0.15, 0.2) is 24.3 Å². The summed E-state index contributed by atoms with van der Waals surface area (Å²) in [6, 6.07) is 7.49. The lowest BCUT2D eigenvalue weighted by Crippen LogP contribution is -2.36. The lowest BCUT2D eigenvalue weighted by Gasteiger charge is -2.17. The first-order valence-corrected chi connectivity index (χ1v) is 6.99. The quantitative estimate of drug-likeness (QED) is 0.845. The highest BCUT2D eigenvalue weighted by Gasteiger charge is 2.20. The molecular weight excluding hydrogens is 268 g/mol. The molecule has 0 bridgehead atoms. The lowest BCUT2D eigenvalue weighted by atomic mass is 9.96. The van der Waals surface area contributed by atoms with Gasteiger partial charge in [-0.1, -0.05) is 32.9 Å². The maximum Gasteiger partial charge on any atom is 0.226 e. The fraction of sp³-hybridized carbons (Fsp3) is 0.500. The maximum atomic E-state index is 11.8. The van der Waals surface area contributed by atoms with Gasteiger partial charge in [-0.2, -0.15) is 0 Å². The number of hydrogen-bond donors (Lipinski definition) is 2. The van der Waals surface area contributed by atoms with Gasteiger partial charge in [0.1, 0.15) is 0 Å². The molecule has 0 saturated heterocycles. The molecule has 0 saturated carbocycles. The number of nitrogens with one attached hydrogen (secondary N) is 2. The molecule has 0 aromatic heterocycles. The second-order valence-electron chi connectivity index (χ2n) is 5.94. The largest absolute Gasteiger partial charge is 0.380 e. The molecule has 0 heterocycles. The first-order chi connectivity index (χ1) is 9.82. The van der Waals surface area contributed by atoms with Crippen LogP contribution in [0, 0.1) is 5.41 Å². The summed E-state index contributed by atoms with van der Waals surface area (Å²) in [5, 5.41) is 5.56. The van der Waals surface area contributed by atoms with Crippen LogP contribution < -0.4 is 10.6 Å². The molecule has 116 valence electrons. The molecule has 2 amide bonds. The molecule has 0 radical (unpaired) electrons. The maximum absolute atomic E-state index is 11.8. The first-order valence-electron chi connectivity index (χ1n) is 6.99. The van der Waals surface area contributed by atoms with Gasteiger partial charge in [-0.3, -0.25) is 9.59 Å². The van der Waals surface area contributed by atoms with Gasteiger partial charge in [0.05, 0.1) is 6.61 Å². The standard InChI is InChI=1S/C16H24N2O3/c1-16(2,3)15(20)17-9-8-14(19)18-13-7-5-6-12(10-13)11-21-4/h5-7,10H,8-9,11H2,1-4H3,(H,17,20)(H,18,19). The Hall–Kier alpha value is -1.88. The Balaban J connectivity index is 2.40. The molecule has 5 nitrogen and oxygen atoms in total. The van der Waals surface area contributed by atoms with Crippen LogP contribution in [-0.2, 0) is 20.9 Å². The van der Waals surface area contributed by atoms with E-state index in [0.717, 1.165) is 11.3 Å². The van der Waals surface area contributed by atoms with Crippen LogP contribution in [0.5, 0.6) is 0 Å². The molecule has 0 aliphatic carbocycles. The zero-order chi connectivity index (χ0) is 15.9. The predicted molar refractivity (Wildman–Crippen MR) is 82.9 cm³/mol. The molecule has 0 unspecified atom stereocenters. The number of benzene rings is 1.